The van der Waals surface area contributed by atoms with Gasteiger partial charge in [0.05, 0.1) is 6.54 Å². The highest BCUT2D eigenvalue weighted by atomic mass is 16.2. The summed E-state index contributed by atoms with van der Waals surface area (Å²) >= 11 is 0. The fourth-order valence-corrected chi connectivity index (χ4v) is 2.57. The van der Waals surface area contributed by atoms with E-state index in [1.807, 2.05) is 30.3 Å². The number of rotatable bonds is 9. The zero-order valence-corrected chi connectivity index (χ0v) is 15.6. The van der Waals surface area contributed by atoms with E-state index in [2.05, 4.69) is 16.0 Å². The Labute approximate surface area is 163 Å². The van der Waals surface area contributed by atoms with Gasteiger partial charge in [0.25, 0.3) is 5.91 Å². The van der Waals surface area contributed by atoms with Crippen molar-refractivity contribution in [1.29, 1.82) is 0 Å². The van der Waals surface area contributed by atoms with Gasteiger partial charge < -0.3 is 20.7 Å². The van der Waals surface area contributed by atoms with Gasteiger partial charge in [0.2, 0.25) is 11.8 Å². The van der Waals surface area contributed by atoms with E-state index in [0.717, 1.165) is 5.56 Å². The molecule has 2 aromatic rings. The number of nitrogens with one attached hydrogen (secondary N) is 3. The van der Waals surface area contributed by atoms with E-state index in [0.29, 0.717) is 11.8 Å². The van der Waals surface area contributed by atoms with Crippen molar-refractivity contribution in [3.63, 3.8) is 0 Å². The first-order chi connectivity index (χ1) is 13.5. The van der Waals surface area contributed by atoms with Crippen molar-refractivity contribution in [2.24, 2.45) is 0 Å². The Bertz CT molecular complexity index is 809. The average Bonchev–Trinajstić information content (AvgIpc) is 2.72. The molecule has 0 spiro atoms. The summed E-state index contributed by atoms with van der Waals surface area (Å²) in [4.78, 5) is 47.5. The molecule has 0 aliphatic rings. The Morgan fingerprint density at radius 1 is 0.893 bits per heavy atom. The van der Waals surface area contributed by atoms with Gasteiger partial charge in [0.15, 0.2) is 0 Å². The number of amides is 3. The van der Waals surface area contributed by atoms with Crippen LogP contribution < -0.4 is 16.0 Å². The molecule has 0 saturated carbocycles. The SMILES string of the molecule is CC(NC(=O)C(Cc1ccccc1)NC(=O)c1ccccc1)C(=O)NCC=O. The van der Waals surface area contributed by atoms with Gasteiger partial charge in [-0.05, 0) is 24.6 Å². The molecule has 0 aliphatic carbocycles. The van der Waals surface area contributed by atoms with Gasteiger partial charge in [-0.25, -0.2) is 0 Å². The molecule has 7 nitrogen and oxygen atoms in total. The molecule has 0 aliphatic heterocycles. The Hall–Kier alpha value is -3.48. The molecule has 146 valence electrons. The topological polar surface area (TPSA) is 104 Å². The molecule has 0 heterocycles. The summed E-state index contributed by atoms with van der Waals surface area (Å²) in [6, 6.07) is 16.1. The summed E-state index contributed by atoms with van der Waals surface area (Å²) in [5, 5.41) is 7.70. The number of benzene rings is 2. The maximum atomic E-state index is 12.7. The molecule has 0 aromatic heterocycles. The lowest BCUT2D eigenvalue weighted by atomic mass is 10.0. The molecule has 2 atom stereocenters. The quantitative estimate of drug-likeness (QED) is 0.560. The maximum absolute atomic E-state index is 12.7. The predicted octanol–water partition coefficient (Wildman–Crippen LogP) is 0.847. The smallest absolute Gasteiger partial charge is 0.251 e. The van der Waals surface area contributed by atoms with Crippen LogP contribution in [0, 0.1) is 0 Å². The van der Waals surface area contributed by atoms with E-state index >= 15 is 0 Å². The molecule has 28 heavy (non-hydrogen) atoms. The number of aldehydes is 1. The predicted molar refractivity (Wildman–Crippen MR) is 105 cm³/mol. The van der Waals surface area contributed by atoms with Crippen molar-refractivity contribution in [1.82, 2.24) is 16.0 Å². The van der Waals surface area contributed by atoms with Crippen LogP contribution >= 0.6 is 0 Å². The first-order valence-corrected chi connectivity index (χ1v) is 8.93. The van der Waals surface area contributed by atoms with Gasteiger partial charge in [-0.3, -0.25) is 14.4 Å². The van der Waals surface area contributed by atoms with Crippen LogP contribution in [0.4, 0.5) is 0 Å². The largest absolute Gasteiger partial charge is 0.348 e. The van der Waals surface area contributed by atoms with E-state index in [9.17, 15) is 19.2 Å². The van der Waals surface area contributed by atoms with Crippen molar-refractivity contribution >= 4 is 24.0 Å². The number of hydrogen-bond donors (Lipinski definition) is 3. The minimum atomic E-state index is -0.864. The molecule has 2 rings (SSSR count). The number of hydrogen-bond acceptors (Lipinski definition) is 4. The van der Waals surface area contributed by atoms with E-state index in [-0.39, 0.29) is 18.9 Å². The third-order valence-corrected chi connectivity index (χ3v) is 4.05. The van der Waals surface area contributed by atoms with Crippen LogP contribution in [0.2, 0.25) is 0 Å². The van der Waals surface area contributed by atoms with Gasteiger partial charge in [0, 0.05) is 12.0 Å². The molecule has 0 fully saturated rings. The summed E-state index contributed by atoms with van der Waals surface area (Å²) in [5.74, 6) is -1.34. The molecule has 0 bridgehead atoms. The molecule has 7 heteroatoms. The first kappa shape index (κ1) is 20.8. The van der Waals surface area contributed by atoms with Crippen LogP contribution in [-0.4, -0.2) is 42.6 Å². The molecule has 3 amide bonds. The lowest BCUT2D eigenvalue weighted by Crippen LogP contribution is -2.53. The van der Waals surface area contributed by atoms with E-state index < -0.39 is 23.9 Å². The van der Waals surface area contributed by atoms with Crippen molar-refractivity contribution in [3.05, 3.63) is 71.8 Å². The monoisotopic (exact) mass is 381 g/mol. The second-order valence-corrected chi connectivity index (χ2v) is 6.22. The van der Waals surface area contributed by atoms with E-state index in [1.54, 1.807) is 30.3 Å². The highest BCUT2D eigenvalue weighted by Gasteiger charge is 2.25. The number of carbonyl (C=O) groups is 4. The van der Waals surface area contributed by atoms with Gasteiger partial charge >= 0.3 is 0 Å². The van der Waals surface area contributed by atoms with Crippen LogP contribution in [0.3, 0.4) is 0 Å². The van der Waals surface area contributed by atoms with Crippen molar-refractivity contribution < 1.29 is 19.2 Å². The molecular formula is C21H23N3O4. The summed E-state index contributed by atoms with van der Waals surface area (Å²) in [5.41, 5.74) is 1.30. The van der Waals surface area contributed by atoms with Gasteiger partial charge in [-0.15, -0.1) is 0 Å². The van der Waals surface area contributed by atoms with Crippen LogP contribution in [0.15, 0.2) is 60.7 Å². The van der Waals surface area contributed by atoms with Gasteiger partial charge in [-0.2, -0.15) is 0 Å². The van der Waals surface area contributed by atoms with Crippen molar-refractivity contribution in [3.8, 4) is 0 Å². The van der Waals surface area contributed by atoms with E-state index in [1.165, 1.54) is 6.92 Å². The molecule has 2 aromatic carbocycles. The van der Waals surface area contributed by atoms with Crippen LogP contribution in [0.25, 0.3) is 0 Å². The molecule has 2 unspecified atom stereocenters. The summed E-state index contributed by atoms with van der Waals surface area (Å²) in [6.45, 7) is 1.38. The lowest BCUT2D eigenvalue weighted by Gasteiger charge is -2.21. The molecule has 3 N–H and O–H groups in total. The lowest BCUT2D eigenvalue weighted by molar-refractivity contribution is -0.129. The van der Waals surface area contributed by atoms with Crippen molar-refractivity contribution in [2.75, 3.05) is 6.54 Å². The first-order valence-electron chi connectivity index (χ1n) is 8.93. The second kappa shape index (κ2) is 10.6. The van der Waals surface area contributed by atoms with Crippen molar-refractivity contribution in [2.45, 2.75) is 25.4 Å². The zero-order valence-electron chi connectivity index (χ0n) is 15.6. The van der Waals surface area contributed by atoms with Crippen LogP contribution in [0.5, 0.6) is 0 Å². The van der Waals surface area contributed by atoms with E-state index in [4.69, 9.17) is 0 Å². The highest BCUT2D eigenvalue weighted by Crippen LogP contribution is 2.06. The van der Waals surface area contributed by atoms with Crippen LogP contribution in [0.1, 0.15) is 22.8 Å². The fraction of sp³-hybridized carbons (Fsp3) is 0.238. The third-order valence-electron chi connectivity index (χ3n) is 4.05. The third kappa shape index (κ3) is 6.35. The highest BCUT2D eigenvalue weighted by molar-refractivity contribution is 5.98. The summed E-state index contributed by atoms with van der Waals surface area (Å²) in [7, 11) is 0. The minimum Gasteiger partial charge on any atom is -0.348 e. The Morgan fingerprint density at radius 3 is 2.11 bits per heavy atom. The fourth-order valence-electron chi connectivity index (χ4n) is 2.57. The summed E-state index contributed by atoms with van der Waals surface area (Å²) in [6.07, 6.45) is 0.832. The molecular weight excluding hydrogens is 358 g/mol. The van der Waals surface area contributed by atoms with Gasteiger partial charge in [0.1, 0.15) is 18.4 Å². The average molecular weight is 381 g/mol. The standard InChI is InChI=1S/C21H23N3O4/c1-15(19(26)22-12-13-25)23-21(28)18(14-16-8-4-2-5-9-16)24-20(27)17-10-6-3-7-11-17/h2-11,13,15,18H,12,14H2,1H3,(H,22,26)(H,23,28)(H,24,27). The Kier molecular flexibility index (Phi) is 7.90. The Balaban J connectivity index is 2.10. The minimum absolute atomic E-state index is 0.128. The normalized spacial score (nSPS) is 12.3. The maximum Gasteiger partial charge on any atom is 0.251 e. The van der Waals surface area contributed by atoms with Gasteiger partial charge in [-0.1, -0.05) is 48.5 Å². The second-order valence-electron chi connectivity index (χ2n) is 6.22. The number of carbonyl (C=O) groups excluding carboxylic acids is 4. The molecule has 0 saturated heterocycles. The van der Waals surface area contributed by atoms with Crippen LogP contribution in [-0.2, 0) is 20.8 Å². The molecule has 0 radical (unpaired) electrons. The summed E-state index contributed by atoms with van der Waals surface area (Å²) < 4.78 is 0. The Morgan fingerprint density at radius 2 is 1.50 bits per heavy atom. The zero-order chi connectivity index (χ0) is 20.4.